The Morgan fingerprint density at radius 1 is 1.07 bits per heavy atom. The molecule has 2 aromatic rings. The third-order valence-electron chi connectivity index (χ3n) is 4.61. The zero-order valence-corrected chi connectivity index (χ0v) is 16.5. The quantitative estimate of drug-likeness (QED) is 0.432. The molecule has 1 unspecified atom stereocenters. The Labute approximate surface area is 162 Å². The van der Waals surface area contributed by atoms with Crippen LogP contribution < -0.4 is 0 Å². The number of allylic oxidation sites excluding steroid dienone is 1. The molecule has 0 aliphatic rings. The molecule has 0 saturated heterocycles. The fraction of sp³-hybridized carbons (Fsp3) is 0.417. The lowest BCUT2D eigenvalue weighted by Gasteiger charge is -2.12. The third-order valence-corrected chi connectivity index (χ3v) is 4.61. The average molecular weight is 371 g/mol. The summed E-state index contributed by atoms with van der Waals surface area (Å²) in [7, 11) is 0. The molecule has 0 aromatic heterocycles. The van der Waals surface area contributed by atoms with E-state index in [4.69, 9.17) is 4.74 Å². The maximum atomic E-state index is 14.4. The van der Waals surface area contributed by atoms with E-state index in [0.29, 0.717) is 11.7 Å². The highest BCUT2D eigenvalue weighted by atomic mass is 19.1. The fourth-order valence-electron chi connectivity index (χ4n) is 2.97. The van der Waals surface area contributed by atoms with Crippen LogP contribution in [0.15, 0.2) is 48.5 Å². The number of aromatic hydroxyl groups is 1. The second kappa shape index (κ2) is 11.6. The lowest BCUT2D eigenvalue weighted by molar-refractivity contribution is 0.0566. The van der Waals surface area contributed by atoms with Crippen LogP contribution in [0.2, 0.25) is 0 Å². The van der Waals surface area contributed by atoms with Crippen molar-refractivity contribution >= 4 is 6.08 Å². The molecule has 27 heavy (non-hydrogen) atoms. The SMILES string of the molecule is CCCCCOC(C)CCC/C=C/c1ccc(-c2ccc(O)cc2)c(F)c1. The van der Waals surface area contributed by atoms with Crippen molar-refractivity contribution in [3.05, 3.63) is 59.9 Å². The van der Waals surface area contributed by atoms with E-state index in [1.165, 1.54) is 12.8 Å². The Hall–Kier alpha value is -2.13. The van der Waals surface area contributed by atoms with Crippen molar-refractivity contribution < 1.29 is 14.2 Å². The summed E-state index contributed by atoms with van der Waals surface area (Å²) < 4.78 is 20.2. The van der Waals surface area contributed by atoms with Crippen LogP contribution in [0.3, 0.4) is 0 Å². The number of hydrogen-bond donors (Lipinski definition) is 1. The summed E-state index contributed by atoms with van der Waals surface area (Å²) in [5, 5.41) is 9.35. The second-order valence-electron chi connectivity index (χ2n) is 7.01. The maximum absolute atomic E-state index is 14.4. The van der Waals surface area contributed by atoms with Gasteiger partial charge in [-0.3, -0.25) is 0 Å². The van der Waals surface area contributed by atoms with Gasteiger partial charge < -0.3 is 9.84 Å². The number of phenols is 1. The van der Waals surface area contributed by atoms with Crippen LogP contribution in [-0.4, -0.2) is 17.8 Å². The van der Waals surface area contributed by atoms with E-state index in [1.54, 1.807) is 36.4 Å². The van der Waals surface area contributed by atoms with Crippen molar-refractivity contribution in [2.45, 2.75) is 58.5 Å². The predicted octanol–water partition coefficient (Wildman–Crippen LogP) is 6.98. The number of benzene rings is 2. The van der Waals surface area contributed by atoms with Gasteiger partial charge in [0.05, 0.1) is 6.10 Å². The van der Waals surface area contributed by atoms with Crippen molar-refractivity contribution in [1.29, 1.82) is 0 Å². The summed E-state index contributed by atoms with van der Waals surface area (Å²) in [6.07, 6.45) is 11.0. The van der Waals surface area contributed by atoms with Gasteiger partial charge in [0.1, 0.15) is 11.6 Å². The van der Waals surface area contributed by atoms with E-state index < -0.39 is 0 Å². The minimum atomic E-state index is -0.253. The summed E-state index contributed by atoms with van der Waals surface area (Å²) in [5.74, 6) is -0.0728. The topological polar surface area (TPSA) is 29.5 Å². The maximum Gasteiger partial charge on any atom is 0.131 e. The number of ether oxygens (including phenoxy) is 1. The normalized spacial score (nSPS) is 12.6. The molecule has 146 valence electrons. The molecule has 0 fully saturated rings. The fourth-order valence-corrected chi connectivity index (χ4v) is 2.97. The summed E-state index contributed by atoms with van der Waals surface area (Å²) in [5.41, 5.74) is 2.16. The average Bonchev–Trinajstić information content (AvgIpc) is 2.66. The molecule has 0 aliphatic heterocycles. The molecule has 2 nitrogen and oxygen atoms in total. The van der Waals surface area contributed by atoms with E-state index in [0.717, 1.165) is 43.4 Å². The molecular formula is C24H31FO2. The molecule has 0 saturated carbocycles. The van der Waals surface area contributed by atoms with Crippen LogP contribution in [0.4, 0.5) is 4.39 Å². The zero-order chi connectivity index (χ0) is 19.5. The summed E-state index contributed by atoms with van der Waals surface area (Å²) in [4.78, 5) is 0. The molecule has 3 heteroatoms. The number of phenolic OH excluding ortho intramolecular Hbond substituents is 1. The second-order valence-corrected chi connectivity index (χ2v) is 7.01. The van der Waals surface area contributed by atoms with Crippen LogP contribution in [0.5, 0.6) is 5.75 Å². The largest absolute Gasteiger partial charge is 0.508 e. The van der Waals surface area contributed by atoms with E-state index in [1.807, 2.05) is 12.1 Å². The predicted molar refractivity (Wildman–Crippen MR) is 111 cm³/mol. The van der Waals surface area contributed by atoms with Crippen LogP contribution >= 0.6 is 0 Å². The van der Waals surface area contributed by atoms with Crippen molar-refractivity contribution in [3.8, 4) is 16.9 Å². The van der Waals surface area contributed by atoms with E-state index in [9.17, 15) is 9.50 Å². The van der Waals surface area contributed by atoms with Crippen LogP contribution in [0.1, 0.15) is 57.9 Å². The Bertz CT molecular complexity index is 707. The molecule has 0 amide bonds. The monoisotopic (exact) mass is 370 g/mol. The first-order valence-electron chi connectivity index (χ1n) is 9.97. The first-order valence-corrected chi connectivity index (χ1v) is 9.97. The Morgan fingerprint density at radius 3 is 2.56 bits per heavy atom. The smallest absolute Gasteiger partial charge is 0.131 e. The van der Waals surface area contributed by atoms with Gasteiger partial charge in [0, 0.05) is 12.2 Å². The Morgan fingerprint density at radius 2 is 1.85 bits per heavy atom. The van der Waals surface area contributed by atoms with Crippen molar-refractivity contribution in [2.75, 3.05) is 6.61 Å². The minimum Gasteiger partial charge on any atom is -0.508 e. The van der Waals surface area contributed by atoms with E-state index >= 15 is 0 Å². The Balaban J connectivity index is 1.77. The molecule has 0 aliphatic carbocycles. The standard InChI is InChI=1S/C24H31FO2/c1-3-4-8-17-27-19(2)9-6-5-7-10-20-11-16-23(24(25)18-20)21-12-14-22(26)15-13-21/h7,10-16,18-19,26H,3-6,8-9,17H2,1-2H3/b10-7+. The lowest BCUT2D eigenvalue weighted by atomic mass is 10.0. The van der Waals surface area contributed by atoms with E-state index in [2.05, 4.69) is 19.9 Å². The van der Waals surface area contributed by atoms with Gasteiger partial charge in [-0.2, -0.15) is 0 Å². The zero-order valence-electron chi connectivity index (χ0n) is 16.5. The molecule has 0 spiro atoms. The van der Waals surface area contributed by atoms with Gasteiger partial charge in [-0.25, -0.2) is 4.39 Å². The van der Waals surface area contributed by atoms with Crippen LogP contribution in [0, 0.1) is 5.82 Å². The van der Waals surface area contributed by atoms with Crippen LogP contribution in [0.25, 0.3) is 17.2 Å². The molecule has 0 radical (unpaired) electrons. The number of halogens is 1. The number of unbranched alkanes of at least 4 members (excludes halogenated alkanes) is 3. The van der Waals surface area contributed by atoms with Crippen LogP contribution in [-0.2, 0) is 4.74 Å². The summed E-state index contributed by atoms with van der Waals surface area (Å²) in [6, 6.07) is 11.8. The first kappa shape index (κ1) is 21.2. The summed E-state index contributed by atoms with van der Waals surface area (Å²) in [6.45, 7) is 5.19. The Kier molecular flexibility index (Phi) is 9.06. The number of rotatable bonds is 11. The molecular weight excluding hydrogens is 339 g/mol. The van der Waals surface area contributed by atoms with Gasteiger partial charge in [-0.1, -0.05) is 56.2 Å². The highest BCUT2D eigenvalue weighted by Crippen LogP contribution is 2.25. The molecule has 2 rings (SSSR count). The van der Waals surface area contributed by atoms with Crippen molar-refractivity contribution in [1.82, 2.24) is 0 Å². The molecule has 0 heterocycles. The van der Waals surface area contributed by atoms with Gasteiger partial charge in [0.15, 0.2) is 0 Å². The number of hydrogen-bond acceptors (Lipinski definition) is 2. The third kappa shape index (κ3) is 7.56. The van der Waals surface area contributed by atoms with Gasteiger partial charge >= 0.3 is 0 Å². The molecule has 1 N–H and O–H groups in total. The summed E-state index contributed by atoms with van der Waals surface area (Å²) >= 11 is 0. The van der Waals surface area contributed by atoms with Gasteiger partial charge in [-0.15, -0.1) is 0 Å². The lowest BCUT2D eigenvalue weighted by Crippen LogP contribution is -2.08. The molecule has 1 atom stereocenters. The minimum absolute atomic E-state index is 0.180. The highest BCUT2D eigenvalue weighted by molar-refractivity contribution is 5.67. The van der Waals surface area contributed by atoms with Gasteiger partial charge in [-0.05, 0) is 61.9 Å². The van der Waals surface area contributed by atoms with Gasteiger partial charge in [0.25, 0.3) is 0 Å². The van der Waals surface area contributed by atoms with Crippen molar-refractivity contribution in [3.63, 3.8) is 0 Å². The van der Waals surface area contributed by atoms with E-state index in [-0.39, 0.29) is 11.6 Å². The molecule has 0 bridgehead atoms. The van der Waals surface area contributed by atoms with Gasteiger partial charge in [0.2, 0.25) is 0 Å². The molecule has 2 aromatic carbocycles. The van der Waals surface area contributed by atoms with Crippen molar-refractivity contribution in [2.24, 2.45) is 0 Å². The highest BCUT2D eigenvalue weighted by Gasteiger charge is 2.05. The first-order chi connectivity index (χ1) is 13.1.